The Morgan fingerprint density at radius 2 is 2.06 bits per heavy atom. The van der Waals surface area contributed by atoms with Crippen LogP contribution in [0.1, 0.15) is 65.7 Å². The molecule has 1 atom stereocenters. The van der Waals surface area contributed by atoms with E-state index in [0.717, 1.165) is 38.5 Å². The van der Waals surface area contributed by atoms with Crippen molar-refractivity contribution in [1.29, 1.82) is 0 Å². The molecule has 0 aromatic carbocycles. The van der Waals surface area contributed by atoms with Gasteiger partial charge in [0.15, 0.2) is 0 Å². The predicted molar refractivity (Wildman–Crippen MR) is 74.0 cm³/mol. The topological polar surface area (TPSA) is 17.1 Å². The van der Waals surface area contributed by atoms with Gasteiger partial charge in [0, 0.05) is 12.8 Å². The minimum Gasteiger partial charge on any atom is -0.300 e. The molecular formula is C16H26O. The second kappa shape index (κ2) is 7.47. The highest BCUT2D eigenvalue weighted by Crippen LogP contribution is 2.25. The molecule has 0 bridgehead atoms. The highest BCUT2D eigenvalue weighted by Gasteiger charge is 2.17. The van der Waals surface area contributed by atoms with Gasteiger partial charge in [-0.1, -0.05) is 23.3 Å². The van der Waals surface area contributed by atoms with E-state index in [1.807, 2.05) is 0 Å². The standard InChI is InChI=1S/C16H26O/c1-13(2)6-4-7-14(3)10-11-15-8-5-9-16(17)12-15/h6,10,15H,4-5,7-9,11-12H2,1-3H3/b14-10+. The normalized spacial score (nSPS) is 21.5. The summed E-state index contributed by atoms with van der Waals surface area (Å²) in [7, 11) is 0. The Hall–Kier alpha value is -0.850. The van der Waals surface area contributed by atoms with Crippen LogP contribution in [0.4, 0.5) is 0 Å². The molecule has 0 N–H and O–H groups in total. The summed E-state index contributed by atoms with van der Waals surface area (Å²) in [5.41, 5.74) is 2.87. The summed E-state index contributed by atoms with van der Waals surface area (Å²) in [6, 6.07) is 0. The van der Waals surface area contributed by atoms with E-state index in [2.05, 4.69) is 32.9 Å². The summed E-state index contributed by atoms with van der Waals surface area (Å²) in [5, 5.41) is 0. The van der Waals surface area contributed by atoms with Gasteiger partial charge in [-0.2, -0.15) is 0 Å². The van der Waals surface area contributed by atoms with E-state index in [-0.39, 0.29) is 0 Å². The van der Waals surface area contributed by atoms with Crippen LogP contribution in [-0.2, 0) is 4.79 Å². The van der Waals surface area contributed by atoms with Crippen molar-refractivity contribution in [3.8, 4) is 0 Å². The van der Waals surface area contributed by atoms with Gasteiger partial charge in [0.25, 0.3) is 0 Å². The van der Waals surface area contributed by atoms with Crippen molar-refractivity contribution in [2.24, 2.45) is 5.92 Å². The number of rotatable bonds is 5. The van der Waals surface area contributed by atoms with E-state index in [1.54, 1.807) is 0 Å². The van der Waals surface area contributed by atoms with Crippen LogP contribution in [0.2, 0.25) is 0 Å². The van der Waals surface area contributed by atoms with Crippen LogP contribution < -0.4 is 0 Å². The molecule has 1 fully saturated rings. The first-order valence-corrected chi connectivity index (χ1v) is 6.88. The molecule has 96 valence electrons. The van der Waals surface area contributed by atoms with Crippen LogP contribution in [0.25, 0.3) is 0 Å². The largest absolute Gasteiger partial charge is 0.300 e. The maximum Gasteiger partial charge on any atom is 0.133 e. The lowest BCUT2D eigenvalue weighted by atomic mass is 9.85. The molecule has 0 aliphatic heterocycles. The Labute approximate surface area is 106 Å². The van der Waals surface area contributed by atoms with Crippen molar-refractivity contribution in [3.63, 3.8) is 0 Å². The number of ketones is 1. The Kier molecular flexibility index (Phi) is 6.25. The van der Waals surface area contributed by atoms with Crippen molar-refractivity contribution in [1.82, 2.24) is 0 Å². The molecule has 0 saturated heterocycles. The zero-order valence-corrected chi connectivity index (χ0v) is 11.6. The van der Waals surface area contributed by atoms with Crippen molar-refractivity contribution in [2.45, 2.75) is 65.7 Å². The van der Waals surface area contributed by atoms with Gasteiger partial charge in [0.05, 0.1) is 0 Å². The van der Waals surface area contributed by atoms with E-state index in [1.165, 1.54) is 17.6 Å². The lowest BCUT2D eigenvalue weighted by Crippen LogP contribution is -2.14. The summed E-state index contributed by atoms with van der Waals surface area (Å²) in [6.07, 6.45) is 12.0. The SMILES string of the molecule is CC(C)=CCC/C(C)=C/CC1CCCC(=O)C1. The molecule has 1 aliphatic carbocycles. The van der Waals surface area contributed by atoms with Gasteiger partial charge in [-0.15, -0.1) is 0 Å². The Morgan fingerprint density at radius 3 is 2.71 bits per heavy atom. The smallest absolute Gasteiger partial charge is 0.133 e. The number of allylic oxidation sites excluding steroid dienone is 4. The van der Waals surface area contributed by atoms with Crippen LogP contribution in [0.15, 0.2) is 23.3 Å². The Morgan fingerprint density at radius 1 is 1.29 bits per heavy atom. The summed E-state index contributed by atoms with van der Waals surface area (Å²) >= 11 is 0. The predicted octanol–water partition coefficient (Wildman–Crippen LogP) is 4.83. The van der Waals surface area contributed by atoms with E-state index >= 15 is 0 Å². The monoisotopic (exact) mass is 234 g/mol. The van der Waals surface area contributed by atoms with Gasteiger partial charge in [-0.3, -0.25) is 4.79 Å². The molecule has 1 rings (SSSR count). The molecule has 0 heterocycles. The highest BCUT2D eigenvalue weighted by molar-refractivity contribution is 5.79. The second-order valence-corrected chi connectivity index (χ2v) is 5.61. The fourth-order valence-corrected chi connectivity index (χ4v) is 2.37. The van der Waals surface area contributed by atoms with Gasteiger partial charge in [0.1, 0.15) is 5.78 Å². The van der Waals surface area contributed by atoms with Crippen molar-refractivity contribution in [2.75, 3.05) is 0 Å². The van der Waals surface area contributed by atoms with Crippen LogP contribution in [0.5, 0.6) is 0 Å². The maximum absolute atomic E-state index is 11.3. The molecule has 17 heavy (non-hydrogen) atoms. The maximum atomic E-state index is 11.3. The zero-order valence-electron chi connectivity index (χ0n) is 11.6. The molecular weight excluding hydrogens is 208 g/mol. The average molecular weight is 234 g/mol. The van der Waals surface area contributed by atoms with E-state index < -0.39 is 0 Å². The van der Waals surface area contributed by atoms with Crippen LogP contribution in [-0.4, -0.2) is 5.78 Å². The third kappa shape index (κ3) is 6.45. The first kappa shape index (κ1) is 14.2. The minimum absolute atomic E-state index is 0.469. The number of carbonyl (C=O) groups excluding carboxylic acids is 1. The number of hydrogen-bond acceptors (Lipinski definition) is 1. The van der Waals surface area contributed by atoms with Gasteiger partial charge < -0.3 is 0 Å². The van der Waals surface area contributed by atoms with Crippen molar-refractivity contribution < 1.29 is 4.79 Å². The molecule has 0 aromatic heterocycles. The van der Waals surface area contributed by atoms with Gasteiger partial charge in [-0.05, 0) is 58.8 Å². The van der Waals surface area contributed by atoms with E-state index in [0.29, 0.717) is 11.7 Å². The summed E-state index contributed by atoms with van der Waals surface area (Å²) in [5.74, 6) is 1.09. The van der Waals surface area contributed by atoms with Gasteiger partial charge in [0.2, 0.25) is 0 Å². The number of carbonyl (C=O) groups is 1. The molecule has 0 spiro atoms. The number of hydrogen-bond donors (Lipinski definition) is 0. The quantitative estimate of drug-likeness (QED) is 0.623. The second-order valence-electron chi connectivity index (χ2n) is 5.61. The molecule has 1 nitrogen and oxygen atoms in total. The average Bonchev–Trinajstić information content (AvgIpc) is 2.26. The third-order valence-corrected chi connectivity index (χ3v) is 3.48. The molecule has 1 heteroatoms. The minimum atomic E-state index is 0.469. The van der Waals surface area contributed by atoms with E-state index in [9.17, 15) is 4.79 Å². The van der Waals surface area contributed by atoms with Crippen LogP contribution >= 0.6 is 0 Å². The summed E-state index contributed by atoms with van der Waals surface area (Å²) in [6.45, 7) is 6.50. The lowest BCUT2D eigenvalue weighted by molar-refractivity contribution is -0.121. The van der Waals surface area contributed by atoms with Crippen LogP contribution in [0.3, 0.4) is 0 Å². The van der Waals surface area contributed by atoms with Crippen LogP contribution in [0, 0.1) is 5.92 Å². The fourth-order valence-electron chi connectivity index (χ4n) is 2.37. The highest BCUT2D eigenvalue weighted by atomic mass is 16.1. The molecule has 1 aliphatic rings. The molecule has 0 radical (unpaired) electrons. The molecule has 1 saturated carbocycles. The molecule has 0 aromatic rings. The van der Waals surface area contributed by atoms with Gasteiger partial charge >= 0.3 is 0 Å². The number of Topliss-reactive ketones (excluding diaryl/α,β-unsaturated/α-hetero) is 1. The summed E-state index contributed by atoms with van der Waals surface area (Å²) < 4.78 is 0. The van der Waals surface area contributed by atoms with Crippen molar-refractivity contribution in [3.05, 3.63) is 23.3 Å². The van der Waals surface area contributed by atoms with Gasteiger partial charge in [-0.25, -0.2) is 0 Å². The fraction of sp³-hybridized carbons (Fsp3) is 0.688. The molecule has 0 amide bonds. The third-order valence-electron chi connectivity index (χ3n) is 3.48. The lowest BCUT2D eigenvalue weighted by Gasteiger charge is -2.19. The first-order valence-electron chi connectivity index (χ1n) is 6.88. The zero-order chi connectivity index (χ0) is 12.7. The molecule has 1 unspecified atom stereocenters. The Balaban J connectivity index is 2.26. The van der Waals surface area contributed by atoms with Crippen molar-refractivity contribution >= 4 is 5.78 Å². The van der Waals surface area contributed by atoms with E-state index in [4.69, 9.17) is 0 Å². The Bertz CT molecular complexity index is 305. The first-order chi connectivity index (χ1) is 8.08. The summed E-state index contributed by atoms with van der Waals surface area (Å²) in [4.78, 5) is 11.3.